The minimum absolute atomic E-state index is 0.166. The molecule has 1 aromatic heterocycles. The van der Waals surface area contributed by atoms with Crippen molar-refractivity contribution < 1.29 is 16.8 Å². The summed E-state index contributed by atoms with van der Waals surface area (Å²) >= 11 is 0. The largest absolute Gasteiger partial charge is 0.267 e. The van der Waals surface area contributed by atoms with Crippen molar-refractivity contribution in [3.05, 3.63) is 83.2 Å². The number of hydrogen-bond acceptors (Lipinski definition) is 4. The first kappa shape index (κ1) is 19.4. The SMILES string of the molecule is Cc1ccc(S(=O)(=O)Cc2ccn(S(=O)(=O)c3ccc(C)cc3)c2C)cc1. The fourth-order valence-corrected chi connectivity index (χ4v) is 5.64. The van der Waals surface area contributed by atoms with Crippen LogP contribution in [-0.2, 0) is 25.6 Å². The zero-order valence-corrected chi connectivity index (χ0v) is 17.0. The number of sulfone groups is 1. The molecule has 0 N–H and O–H groups in total. The molecule has 7 heteroatoms. The maximum absolute atomic E-state index is 12.9. The van der Waals surface area contributed by atoms with E-state index in [-0.39, 0.29) is 15.5 Å². The van der Waals surface area contributed by atoms with Crippen molar-refractivity contribution in [2.75, 3.05) is 0 Å². The van der Waals surface area contributed by atoms with Gasteiger partial charge in [-0.25, -0.2) is 20.8 Å². The van der Waals surface area contributed by atoms with E-state index in [9.17, 15) is 16.8 Å². The zero-order chi connectivity index (χ0) is 19.8. The normalized spacial score (nSPS) is 12.3. The molecule has 3 aromatic rings. The Morgan fingerprint density at radius 3 is 1.70 bits per heavy atom. The molecule has 0 unspecified atom stereocenters. The Hall–Kier alpha value is -2.38. The first-order chi connectivity index (χ1) is 12.6. The lowest BCUT2D eigenvalue weighted by atomic mass is 10.2. The van der Waals surface area contributed by atoms with E-state index < -0.39 is 19.9 Å². The number of benzene rings is 2. The van der Waals surface area contributed by atoms with Crippen molar-refractivity contribution >= 4 is 19.9 Å². The van der Waals surface area contributed by atoms with Crippen molar-refractivity contribution in [1.29, 1.82) is 0 Å². The van der Waals surface area contributed by atoms with Crippen LogP contribution in [0.1, 0.15) is 22.4 Å². The van der Waals surface area contributed by atoms with Crippen molar-refractivity contribution in [2.24, 2.45) is 0 Å². The van der Waals surface area contributed by atoms with Gasteiger partial charge in [-0.1, -0.05) is 35.4 Å². The first-order valence-corrected chi connectivity index (χ1v) is 11.5. The summed E-state index contributed by atoms with van der Waals surface area (Å²) in [6.45, 7) is 5.38. The molecule has 0 saturated carbocycles. The van der Waals surface area contributed by atoms with Gasteiger partial charge in [-0.2, -0.15) is 0 Å². The Kier molecular flexibility index (Phi) is 5.01. The highest BCUT2D eigenvalue weighted by atomic mass is 32.2. The van der Waals surface area contributed by atoms with Gasteiger partial charge in [0.2, 0.25) is 0 Å². The van der Waals surface area contributed by atoms with E-state index in [1.807, 2.05) is 13.8 Å². The van der Waals surface area contributed by atoms with Crippen LogP contribution in [0, 0.1) is 20.8 Å². The van der Waals surface area contributed by atoms with Crippen LogP contribution < -0.4 is 0 Å². The van der Waals surface area contributed by atoms with Gasteiger partial charge in [-0.05, 0) is 56.7 Å². The highest BCUT2D eigenvalue weighted by molar-refractivity contribution is 7.90. The van der Waals surface area contributed by atoms with Crippen LogP contribution in [0.2, 0.25) is 0 Å². The molecule has 0 radical (unpaired) electrons. The van der Waals surface area contributed by atoms with Crippen LogP contribution in [0.15, 0.2) is 70.6 Å². The van der Waals surface area contributed by atoms with Crippen LogP contribution in [0.4, 0.5) is 0 Å². The summed E-state index contributed by atoms with van der Waals surface area (Å²) in [7, 11) is -7.33. The molecule has 0 fully saturated rings. The summed E-state index contributed by atoms with van der Waals surface area (Å²) in [6.07, 6.45) is 1.41. The average molecular weight is 404 g/mol. The van der Waals surface area contributed by atoms with Gasteiger partial charge in [-0.15, -0.1) is 0 Å². The van der Waals surface area contributed by atoms with Gasteiger partial charge < -0.3 is 0 Å². The number of aromatic nitrogens is 1. The van der Waals surface area contributed by atoms with Crippen molar-refractivity contribution in [3.8, 4) is 0 Å². The topological polar surface area (TPSA) is 73.2 Å². The van der Waals surface area contributed by atoms with Gasteiger partial charge in [0.05, 0.1) is 15.5 Å². The number of aryl methyl sites for hydroxylation is 2. The quantitative estimate of drug-likeness (QED) is 0.652. The standard InChI is InChI=1S/C20H21NO4S2/c1-15-4-8-19(9-5-15)26(22,23)14-18-12-13-21(17(18)3)27(24,25)20-10-6-16(2)7-11-20/h4-13H,14H2,1-3H3. The molecule has 3 rings (SSSR count). The molecular formula is C20H21NO4S2. The Bertz CT molecular complexity index is 1170. The lowest BCUT2D eigenvalue weighted by molar-refractivity contribution is 0.585. The molecule has 0 saturated heterocycles. The van der Waals surface area contributed by atoms with E-state index in [0.717, 1.165) is 15.1 Å². The van der Waals surface area contributed by atoms with Gasteiger partial charge in [-0.3, -0.25) is 0 Å². The van der Waals surface area contributed by atoms with E-state index >= 15 is 0 Å². The molecule has 0 amide bonds. The second kappa shape index (κ2) is 6.98. The second-order valence-corrected chi connectivity index (χ2v) is 10.4. The van der Waals surface area contributed by atoms with Gasteiger partial charge in [0.25, 0.3) is 10.0 Å². The third kappa shape index (κ3) is 3.84. The molecule has 142 valence electrons. The Labute approximate surface area is 160 Å². The lowest BCUT2D eigenvalue weighted by Crippen LogP contribution is -2.14. The fraction of sp³-hybridized carbons (Fsp3) is 0.200. The summed E-state index contributed by atoms with van der Waals surface area (Å²) in [5.74, 6) is -0.252. The monoisotopic (exact) mass is 403 g/mol. The maximum atomic E-state index is 12.9. The van der Waals surface area contributed by atoms with Gasteiger partial charge in [0.15, 0.2) is 9.84 Å². The van der Waals surface area contributed by atoms with Crippen LogP contribution in [0.25, 0.3) is 0 Å². The summed E-state index contributed by atoms with van der Waals surface area (Å²) in [4.78, 5) is 0.390. The van der Waals surface area contributed by atoms with E-state index in [4.69, 9.17) is 0 Å². The lowest BCUT2D eigenvalue weighted by Gasteiger charge is -2.10. The molecular weight excluding hydrogens is 382 g/mol. The number of hydrogen-bond donors (Lipinski definition) is 0. The molecule has 0 aliphatic heterocycles. The molecule has 2 aromatic carbocycles. The average Bonchev–Trinajstić information content (AvgIpc) is 2.96. The molecule has 0 bridgehead atoms. The molecule has 27 heavy (non-hydrogen) atoms. The molecule has 0 spiro atoms. The van der Waals surface area contributed by atoms with E-state index in [2.05, 4.69) is 0 Å². The zero-order valence-electron chi connectivity index (χ0n) is 15.4. The summed E-state index contributed by atoms with van der Waals surface area (Å²) in [6, 6.07) is 14.7. The first-order valence-electron chi connectivity index (χ1n) is 8.40. The second-order valence-electron chi connectivity index (χ2n) is 6.61. The number of nitrogens with zero attached hydrogens (tertiary/aromatic N) is 1. The Morgan fingerprint density at radius 2 is 1.19 bits per heavy atom. The van der Waals surface area contributed by atoms with Gasteiger partial charge >= 0.3 is 0 Å². The van der Waals surface area contributed by atoms with Crippen molar-refractivity contribution in [1.82, 2.24) is 3.97 Å². The molecule has 5 nitrogen and oxygen atoms in total. The fourth-order valence-electron chi connectivity index (χ4n) is 2.80. The van der Waals surface area contributed by atoms with E-state index in [1.54, 1.807) is 61.5 Å². The molecule has 1 heterocycles. The minimum atomic E-state index is -3.77. The van der Waals surface area contributed by atoms with Gasteiger partial charge in [0, 0.05) is 11.9 Å². The Morgan fingerprint density at radius 1 is 0.704 bits per heavy atom. The van der Waals surface area contributed by atoms with Crippen LogP contribution >= 0.6 is 0 Å². The van der Waals surface area contributed by atoms with Gasteiger partial charge in [0.1, 0.15) is 0 Å². The van der Waals surface area contributed by atoms with Crippen LogP contribution in [-0.4, -0.2) is 20.8 Å². The van der Waals surface area contributed by atoms with E-state index in [0.29, 0.717) is 11.3 Å². The third-order valence-electron chi connectivity index (χ3n) is 4.51. The predicted molar refractivity (Wildman–Crippen MR) is 105 cm³/mol. The smallest absolute Gasteiger partial charge is 0.246 e. The number of rotatable bonds is 5. The Balaban J connectivity index is 1.96. The minimum Gasteiger partial charge on any atom is -0.246 e. The summed E-state index contributed by atoms with van der Waals surface area (Å²) < 4.78 is 52.2. The van der Waals surface area contributed by atoms with E-state index in [1.165, 1.54) is 6.20 Å². The molecule has 0 aliphatic carbocycles. The molecule has 0 atom stereocenters. The highest BCUT2D eigenvalue weighted by Crippen LogP contribution is 2.23. The van der Waals surface area contributed by atoms with Crippen molar-refractivity contribution in [3.63, 3.8) is 0 Å². The summed E-state index contributed by atoms with van der Waals surface area (Å²) in [5, 5.41) is 0. The predicted octanol–water partition coefficient (Wildman–Crippen LogP) is 3.62. The van der Waals surface area contributed by atoms with Crippen LogP contribution in [0.5, 0.6) is 0 Å². The maximum Gasteiger partial charge on any atom is 0.267 e. The van der Waals surface area contributed by atoms with Crippen molar-refractivity contribution in [2.45, 2.75) is 36.3 Å². The highest BCUT2D eigenvalue weighted by Gasteiger charge is 2.23. The third-order valence-corrected chi connectivity index (χ3v) is 7.97. The van der Waals surface area contributed by atoms with Crippen LogP contribution in [0.3, 0.4) is 0 Å². The molecule has 0 aliphatic rings. The summed E-state index contributed by atoms with van der Waals surface area (Å²) in [5.41, 5.74) is 2.79.